The molecule has 194 valence electrons. The smallest absolute Gasteiger partial charge is 0.460 e. The molecule has 0 saturated carbocycles. The van der Waals surface area contributed by atoms with E-state index in [4.69, 9.17) is 5.11 Å². The normalized spacial score (nSPS) is 14.7. The van der Waals surface area contributed by atoms with E-state index in [2.05, 4.69) is 19.2 Å². The number of hydrogen-bond acceptors (Lipinski definition) is 2. The van der Waals surface area contributed by atoms with Crippen LogP contribution in [0.3, 0.4) is 0 Å². The monoisotopic (exact) mass is 515 g/mol. The van der Waals surface area contributed by atoms with Crippen LogP contribution in [0.4, 0.5) is 65.9 Å². The maximum absolute atomic E-state index is 12.8. The number of carboxylic acids is 1. The fourth-order valence-electron chi connectivity index (χ4n) is 1.58. The van der Waals surface area contributed by atoms with Crippen molar-refractivity contribution in [3.63, 3.8) is 0 Å². The minimum Gasteiger partial charge on any atom is -0.477 e. The first-order valence-corrected chi connectivity index (χ1v) is 8.13. The van der Waals surface area contributed by atoms with Crippen molar-refractivity contribution in [2.45, 2.75) is 68.4 Å². The van der Waals surface area contributed by atoms with Crippen molar-refractivity contribution >= 4 is 5.97 Å². The first kappa shape index (κ1) is 32.6. The van der Waals surface area contributed by atoms with Crippen LogP contribution >= 0.6 is 0 Å². The Hall–Kier alpha value is -1.62. The number of hydrogen-bond donors (Lipinski definition) is 2. The maximum atomic E-state index is 12.8. The van der Waals surface area contributed by atoms with Crippen LogP contribution in [0.25, 0.3) is 0 Å². The molecule has 0 aliphatic heterocycles. The molecule has 0 amide bonds. The zero-order valence-electron chi connectivity index (χ0n) is 15.9. The highest BCUT2D eigenvalue weighted by Gasteiger charge is 2.94. The van der Waals surface area contributed by atoms with Crippen LogP contribution in [-0.2, 0) is 4.79 Å². The van der Waals surface area contributed by atoms with E-state index in [1.807, 2.05) is 0 Å². The Morgan fingerprint density at radius 2 is 1.00 bits per heavy atom. The third-order valence-corrected chi connectivity index (χ3v) is 3.55. The van der Waals surface area contributed by atoms with Crippen LogP contribution < -0.4 is 5.32 Å². The number of carboxylic acid groups (broad SMARTS) is 1. The largest absolute Gasteiger partial charge is 0.477 e. The first-order chi connectivity index (χ1) is 13.9. The summed E-state index contributed by atoms with van der Waals surface area (Å²) >= 11 is 0. The summed E-state index contributed by atoms with van der Waals surface area (Å²) in [4.78, 5) is 9.72. The molecule has 0 radical (unpaired) electrons. The molecule has 0 aliphatic rings. The number of rotatable bonds is 10. The Morgan fingerprint density at radius 1 is 0.656 bits per heavy atom. The summed E-state index contributed by atoms with van der Waals surface area (Å²) in [6.07, 6.45) is -5.08. The van der Waals surface area contributed by atoms with E-state index in [9.17, 15) is 70.7 Å². The molecule has 32 heavy (non-hydrogen) atoms. The number of carbonyl (C=O) groups is 1. The third kappa shape index (κ3) is 5.47. The lowest BCUT2D eigenvalue weighted by molar-refractivity contribution is -0.450. The number of unbranched alkanes of at least 4 members (excludes halogenated alkanes) is 1. The zero-order valence-corrected chi connectivity index (χ0v) is 15.9. The van der Waals surface area contributed by atoms with Gasteiger partial charge in [-0.25, -0.2) is 4.79 Å². The molecule has 0 aromatic carbocycles. The summed E-state index contributed by atoms with van der Waals surface area (Å²) in [5.74, 6) is -52.8. The van der Waals surface area contributed by atoms with Crippen molar-refractivity contribution in [1.29, 1.82) is 0 Å². The SMILES string of the molecule is CCCCNCC.O=C(O)C(F)(F)C(F)(F)C(F)(F)C(F)(F)C(F)(F)C(F)(F)C(F)(F)F. The summed E-state index contributed by atoms with van der Waals surface area (Å²) in [6, 6.07) is 0. The van der Waals surface area contributed by atoms with Gasteiger partial charge in [-0.05, 0) is 19.5 Å². The molecule has 0 spiro atoms. The lowest BCUT2D eigenvalue weighted by atomic mass is 9.91. The summed E-state index contributed by atoms with van der Waals surface area (Å²) in [5, 5.41) is 10.8. The minimum absolute atomic E-state index is 1.11. The first-order valence-electron chi connectivity index (χ1n) is 8.13. The second kappa shape index (κ2) is 10.1. The molecule has 0 aliphatic carbocycles. The predicted molar refractivity (Wildman–Crippen MR) is 76.8 cm³/mol. The van der Waals surface area contributed by atoms with Gasteiger partial charge >= 0.3 is 47.7 Å². The molecule has 18 heteroatoms. The van der Waals surface area contributed by atoms with Gasteiger partial charge in [0.15, 0.2) is 0 Å². The highest BCUT2D eigenvalue weighted by molar-refractivity contribution is 5.77. The second-order valence-electron chi connectivity index (χ2n) is 5.96. The fraction of sp³-hybridized carbons (Fsp3) is 0.929. The highest BCUT2D eigenvalue weighted by Crippen LogP contribution is 2.62. The number of alkyl halides is 15. The van der Waals surface area contributed by atoms with Crippen LogP contribution in [0.15, 0.2) is 0 Å². The molecule has 3 nitrogen and oxygen atoms in total. The molecule has 0 aromatic heterocycles. The van der Waals surface area contributed by atoms with Gasteiger partial charge in [-0.3, -0.25) is 0 Å². The lowest BCUT2D eigenvalue weighted by Gasteiger charge is -2.40. The van der Waals surface area contributed by atoms with Crippen LogP contribution in [0.5, 0.6) is 0 Å². The molecular formula is C14H16F15NO2. The zero-order chi connectivity index (χ0) is 26.6. The summed E-state index contributed by atoms with van der Waals surface area (Å²) in [5.41, 5.74) is 0. The average Bonchev–Trinajstić information content (AvgIpc) is 2.60. The van der Waals surface area contributed by atoms with E-state index in [0.29, 0.717) is 0 Å². The predicted octanol–water partition coefficient (Wildman–Crippen LogP) is 5.84. The lowest BCUT2D eigenvalue weighted by Crippen LogP contribution is -2.73. The standard InChI is InChI=1S/C8HF15O2.C6H15N/c9-2(10,1(24)25)3(11,12)4(13,14)5(15,16)6(17,18)7(19,20)8(21,22)23;1-3-5-6-7-4-2/h(H,24,25);7H,3-6H2,1-2H3. The highest BCUT2D eigenvalue weighted by atomic mass is 19.4. The molecule has 0 rings (SSSR count). The molecule has 0 unspecified atom stereocenters. The van der Waals surface area contributed by atoms with Crippen LogP contribution in [0, 0.1) is 0 Å². The van der Waals surface area contributed by atoms with Crippen LogP contribution in [0.2, 0.25) is 0 Å². The maximum Gasteiger partial charge on any atom is 0.460 e. The topological polar surface area (TPSA) is 49.3 Å². The number of nitrogens with one attached hydrogen (secondary N) is 1. The van der Waals surface area contributed by atoms with Crippen molar-refractivity contribution in [2.75, 3.05) is 13.1 Å². The number of aliphatic carboxylic acids is 1. The van der Waals surface area contributed by atoms with E-state index < -0.39 is 47.7 Å². The van der Waals surface area contributed by atoms with Crippen LogP contribution in [0.1, 0.15) is 26.7 Å². The fourth-order valence-corrected chi connectivity index (χ4v) is 1.58. The van der Waals surface area contributed by atoms with E-state index in [1.165, 1.54) is 19.4 Å². The second-order valence-corrected chi connectivity index (χ2v) is 5.96. The van der Waals surface area contributed by atoms with Gasteiger partial charge < -0.3 is 10.4 Å². The molecule has 0 atom stereocenters. The minimum atomic E-state index is -8.47. The summed E-state index contributed by atoms with van der Waals surface area (Å²) in [6.45, 7) is 6.64. The Kier molecular flexibility index (Phi) is 10.3. The van der Waals surface area contributed by atoms with Gasteiger partial charge in [-0.2, -0.15) is 65.9 Å². The van der Waals surface area contributed by atoms with Crippen molar-refractivity contribution in [2.24, 2.45) is 0 Å². The van der Waals surface area contributed by atoms with Crippen molar-refractivity contribution in [3.05, 3.63) is 0 Å². The third-order valence-electron chi connectivity index (χ3n) is 3.55. The van der Waals surface area contributed by atoms with Gasteiger partial charge in [0.2, 0.25) is 0 Å². The molecule has 0 heterocycles. The molecule has 0 saturated heterocycles. The summed E-state index contributed by atoms with van der Waals surface area (Å²) in [7, 11) is 0. The summed E-state index contributed by atoms with van der Waals surface area (Å²) < 4.78 is 187. The van der Waals surface area contributed by atoms with E-state index in [1.54, 1.807) is 0 Å². The van der Waals surface area contributed by atoms with Crippen molar-refractivity contribution < 1.29 is 75.8 Å². The van der Waals surface area contributed by atoms with E-state index in [-0.39, 0.29) is 0 Å². The van der Waals surface area contributed by atoms with Gasteiger partial charge in [0.25, 0.3) is 0 Å². The van der Waals surface area contributed by atoms with Crippen molar-refractivity contribution in [3.8, 4) is 0 Å². The molecule has 0 aromatic rings. The Bertz CT molecular complexity index is 612. The van der Waals surface area contributed by atoms with Gasteiger partial charge in [-0.15, -0.1) is 0 Å². The molecule has 0 bridgehead atoms. The number of halogens is 15. The molecular weight excluding hydrogens is 499 g/mol. The quantitative estimate of drug-likeness (QED) is 0.284. The van der Waals surface area contributed by atoms with Crippen molar-refractivity contribution in [1.82, 2.24) is 5.32 Å². The van der Waals surface area contributed by atoms with E-state index >= 15 is 0 Å². The Balaban J connectivity index is 0. The Labute approximate surface area is 169 Å². The molecule has 2 N–H and O–H groups in total. The Morgan fingerprint density at radius 3 is 1.28 bits per heavy atom. The van der Waals surface area contributed by atoms with Gasteiger partial charge in [0, 0.05) is 0 Å². The van der Waals surface area contributed by atoms with Crippen LogP contribution in [-0.4, -0.2) is 65.9 Å². The van der Waals surface area contributed by atoms with Gasteiger partial charge in [0.05, 0.1) is 0 Å². The van der Waals surface area contributed by atoms with Gasteiger partial charge in [-0.1, -0.05) is 20.3 Å². The van der Waals surface area contributed by atoms with Gasteiger partial charge in [0.1, 0.15) is 0 Å². The molecule has 0 fully saturated rings. The van der Waals surface area contributed by atoms with E-state index in [0.717, 1.165) is 6.54 Å². The average molecular weight is 515 g/mol.